The summed E-state index contributed by atoms with van der Waals surface area (Å²) in [6.45, 7) is 3.25. The van der Waals surface area contributed by atoms with Crippen molar-refractivity contribution < 1.29 is 4.74 Å². The third-order valence-electron chi connectivity index (χ3n) is 2.62. The lowest BCUT2D eigenvalue weighted by molar-refractivity contribution is 0.270. The molecule has 1 aliphatic carbocycles. The predicted octanol–water partition coefficient (Wildman–Crippen LogP) is 1.06. The largest absolute Gasteiger partial charge is 0.501 e. The zero-order chi connectivity index (χ0) is 9.10. The minimum atomic E-state index is 1.00. The fraction of sp³-hybridized carbons (Fsp3) is 0.600. The molecule has 1 fully saturated rings. The van der Waals surface area contributed by atoms with Gasteiger partial charge in [0.2, 0.25) is 0 Å². The molecular formula is C10H16N2O. The van der Waals surface area contributed by atoms with Crippen molar-refractivity contribution in [2.24, 2.45) is 0 Å². The van der Waals surface area contributed by atoms with Crippen LogP contribution in [0.25, 0.3) is 0 Å². The van der Waals surface area contributed by atoms with Gasteiger partial charge in [0.05, 0.1) is 19.5 Å². The Bertz CT molecular complexity index is 239. The Morgan fingerprint density at radius 2 is 2.31 bits per heavy atom. The van der Waals surface area contributed by atoms with Crippen molar-refractivity contribution in [3.05, 3.63) is 23.6 Å². The van der Waals surface area contributed by atoms with Gasteiger partial charge in [-0.15, -0.1) is 0 Å². The molecule has 1 heterocycles. The molecule has 0 amide bonds. The summed E-state index contributed by atoms with van der Waals surface area (Å²) in [5, 5.41) is 3.33. The molecule has 13 heavy (non-hydrogen) atoms. The van der Waals surface area contributed by atoms with E-state index in [1.807, 2.05) is 0 Å². The maximum absolute atomic E-state index is 5.18. The molecule has 0 radical (unpaired) electrons. The van der Waals surface area contributed by atoms with Crippen LogP contribution in [0.15, 0.2) is 23.6 Å². The van der Waals surface area contributed by atoms with Gasteiger partial charge in [0.1, 0.15) is 0 Å². The van der Waals surface area contributed by atoms with Gasteiger partial charge >= 0.3 is 0 Å². The van der Waals surface area contributed by atoms with Crippen molar-refractivity contribution >= 4 is 0 Å². The molecular weight excluding hydrogens is 164 g/mol. The van der Waals surface area contributed by atoms with Crippen LogP contribution in [-0.2, 0) is 4.74 Å². The molecule has 0 bridgehead atoms. The maximum Gasteiger partial charge on any atom is 0.0959 e. The van der Waals surface area contributed by atoms with Crippen LogP contribution in [0.2, 0.25) is 0 Å². The SMILES string of the molecule is COC1=CC=C(N2CCNC2)CC1. The third-order valence-corrected chi connectivity index (χ3v) is 2.62. The second-order valence-corrected chi connectivity index (χ2v) is 3.42. The third kappa shape index (κ3) is 1.86. The van der Waals surface area contributed by atoms with Gasteiger partial charge in [0, 0.05) is 25.2 Å². The minimum absolute atomic E-state index is 1.00. The zero-order valence-electron chi connectivity index (χ0n) is 8.05. The Kier molecular flexibility index (Phi) is 2.54. The van der Waals surface area contributed by atoms with Gasteiger partial charge < -0.3 is 9.64 Å². The summed E-state index contributed by atoms with van der Waals surface area (Å²) in [7, 11) is 1.74. The summed E-state index contributed by atoms with van der Waals surface area (Å²) in [5.74, 6) is 1.09. The van der Waals surface area contributed by atoms with Gasteiger partial charge in [-0.1, -0.05) is 0 Å². The molecule has 3 heteroatoms. The number of nitrogens with one attached hydrogen (secondary N) is 1. The van der Waals surface area contributed by atoms with Gasteiger partial charge in [-0.25, -0.2) is 0 Å². The molecule has 2 aliphatic rings. The molecule has 0 spiro atoms. The number of ether oxygens (including phenoxy) is 1. The first-order chi connectivity index (χ1) is 6.40. The van der Waals surface area contributed by atoms with E-state index in [2.05, 4.69) is 22.4 Å². The monoisotopic (exact) mass is 180 g/mol. The lowest BCUT2D eigenvalue weighted by Gasteiger charge is -2.23. The number of rotatable bonds is 2. The van der Waals surface area contributed by atoms with E-state index >= 15 is 0 Å². The summed E-state index contributed by atoms with van der Waals surface area (Å²) in [6, 6.07) is 0. The summed E-state index contributed by atoms with van der Waals surface area (Å²) in [4.78, 5) is 2.39. The molecule has 0 atom stereocenters. The average Bonchev–Trinajstić information content (AvgIpc) is 2.71. The Balaban J connectivity index is 2.00. The zero-order valence-corrected chi connectivity index (χ0v) is 8.05. The van der Waals surface area contributed by atoms with Crippen LogP contribution in [0.3, 0.4) is 0 Å². The molecule has 0 unspecified atom stereocenters. The second-order valence-electron chi connectivity index (χ2n) is 3.42. The molecule has 2 rings (SSSR count). The topological polar surface area (TPSA) is 24.5 Å². The smallest absolute Gasteiger partial charge is 0.0959 e. The summed E-state index contributed by atoms with van der Waals surface area (Å²) in [5.41, 5.74) is 1.44. The Hall–Kier alpha value is -0.960. The first-order valence-electron chi connectivity index (χ1n) is 4.79. The Labute approximate surface area is 79.1 Å². The first-order valence-corrected chi connectivity index (χ1v) is 4.79. The molecule has 0 aromatic carbocycles. The van der Waals surface area contributed by atoms with Crippen LogP contribution >= 0.6 is 0 Å². The van der Waals surface area contributed by atoms with Crippen molar-refractivity contribution in [2.75, 3.05) is 26.9 Å². The van der Waals surface area contributed by atoms with E-state index in [1.165, 1.54) is 5.70 Å². The standard InChI is InChI=1S/C10H16N2O/c1-13-10-4-2-9(3-5-10)12-7-6-11-8-12/h2,4,11H,3,5-8H2,1H3. The van der Waals surface area contributed by atoms with Gasteiger partial charge in [0.25, 0.3) is 0 Å². The van der Waals surface area contributed by atoms with E-state index in [4.69, 9.17) is 4.74 Å². The number of hydrogen-bond acceptors (Lipinski definition) is 3. The summed E-state index contributed by atoms with van der Waals surface area (Å²) in [6.07, 6.45) is 6.41. The van der Waals surface area contributed by atoms with Crippen LogP contribution in [-0.4, -0.2) is 31.8 Å². The maximum atomic E-state index is 5.18. The Morgan fingerprint density at radius 1 is 1.38 bits per heavy atom. The molecule has 1 N–H and O–H groups in total. The quantitative estimate of drug-likeness (QED) is 0.687. The van der Waals surface area contributed by atoms with E-state index < -0.39 is 0 Å². The Morgan fingerprint density at radius 3 is 2.85 bits per heavy atom. The fourth-order valence-corrected chi connectivity index (χ4v) is 1.79. The van der Waals surface area contributed by atoms with Gasteiger partial charge in [0.15, 0.2) is 0 Å². The van der Waals surface area contributed by atoms with Crippen molar-refractivity contribution in [3.8, 4) is 0 Å². The highest BCUT2D eigenvalue weighted by Crippen LogP contribution is 2.21. The minimum Gasteiger partial charge on any atom is -0.501 e. The van der Waals surface area contributed by atoms with Crippen LogP contribution in [0.4, 0.5) is 0 Å². The molecule has 72 valence electrons. The van der Waals surface area contributed by atoms with Crippen molar-refractivity contribution in [1.82, 2.24) is 10.2 Å². The predicted molar refractivity (Wildman–Crippen MR) is 52.0 cm³/mol. The van der Waals surface area contributed by atoms with Crippen molar-refractivity contribution in [3.63, 3.8) is 0 Å². The lowest BCUT2D eigenvalue weighted by atomic mass is 10.1. The summed E-state index contributed by atoms with van der Waals surface area (Å²) >= 11 is 0. The normalized spacial score (nSPS) is 22.7. The number of methoxy groups -OCH3 is 1. The van der Waals surface area contributed by atoms with Crippen LogP contribution in [0.1, 0.15) is 12.8 Å². The second kappa shape index (κ2) is 3.83. The molecule has 1 aliphatic heterocycles. The van der Waals surface area contributed by atoms with Gasteiger partial charge in [-0.05, 0) is 18.6 Å². The van der Waals surface area contributed by atoms with E-state index in [0.717, 1.165) is 38.4 Å². The van der Waals surface area contributed by atoms with Gasteiger partial charge in [-0.2, -0.15) is 0 Å². The molecule has 0 aromatic heterocycles. The highest BCUT2D eigenvalue weighted by molar-refractivity contribution is 5.20. The molecule has 0 saturated carbocycles. The molecule has 1 saturated heterocycles. The van der Waals surface area contributed by atoms with E-state index in [-0.39, 0.29) is 0 Å². The number of nitrogens with zero attached hydrogens (tertiary/aromatic N) is 1. The van der Waals surface area contributed by atoms with E-state index in [1.54, 1.807) is 7.11 Å². The van der Waals surface area contributed by atoms with Crippen LogP contribution < -0.4 is 5.32 Å². The average molecular weight is 180 g/mol. The first kappa shape index (κ1) is 8.63. The molecule has 3 nitrogen and oxygen atoms in total. The van der Waals surface area contributed by atoms with Crippen LogP contribution in [0.5, 0.6) is 0 Å². The number of allylic oxidation sites excluding steroid dienone is 4. The van der Waals surface area contributed by atoms with E-state index in [9.17, 15) is 0 Å². The van der Waals surface area contributed by atoms with E-state index in [0.29, 0.717) is 0 Å². The molecule has 0 aromatic rings. The van der Waals surface area contributed by atoms with Crippen molar-refractivity contribution in [2.45, 2.75) is 12.8 Å². The fourth-order valence-electron chi connectivity index (χ4n) is 1.79. The van der Waals surface area contributed by atoms with Gasteiger partial charge in [-0.3, -0.25) is 5.32 Å². The lowest BCUT2D eigenvalue weighted by Crippen LogP contribution is -2.22. The number of hydrogen-bond donors (Lipinski definition) is 1. The van der Waals surface area contributed by atoms with Crippen LogP contribution in [0, 0.1) is 0 Å². The summed E-state index contributed by atoms with van der Waals surface area (Å²) < 4.78 is 5.18. The van der Waals surface area contributed by atoms with Crippen molar-refractivity contribution in [1.29, 1.82) is 0 Å². The highest BCUT2D eigenvalue weighted by Gasteiger charge is 2.16. The highest BCUT2D eigenvalue weighted by atomic mass is 16.5.